The lowest BCUT2D eigenvalue weighted by Gasteiger charge is -2.16. The van der Waals surface area contributed by atoms with Crippen molar-refractivity contribution in [2.24, 2.45) is 5.92 Å². The van der Waals surface area contributed by atoms with Gasteiger partial charge in [-0.3, -0.25) is 14.3 Å². The molecule has 1 aliphatic rings. The highest BCUT2D eigenvalue weighted by molar-refractivity contribution is 8.00. The first-order valence-electron chi connectivity index (χ1n) is 9.90. The second-order valence-electron chi connectivity index (χ2n) is 7.28. The van der Waals surface area contributed by atoms with Gasteiger partial charge < -0.3 is 9.04 Å². The van der Waals surface area contributed by atoms with Gasteiger partial charge in [-0.2, -0.15) is 0 Å². The highest BCUT2D eigenvalue weighted by atomic mass is 32.2. The Labute approximate surface area is 179 Å². The summed E-state index contributed by atoms with van der Waals surface area (Å²) in [4.78, 5) is 17.4. The van der Waals surface area contributed by atoms with Crippen LogP contribution in [0.1, 0.15) is 10.4 Å². The van der Waals surface area contributed by atoms with Crippen LogP contribution < -0.4 is 9.04 Å². The Morgan fingerprint density at radius 1 is 1.10 bits per heavy atom. The van der Waals surface area contributed by atoms with Crippen LogP contribution in [0.25, 0.3) is 10.9 Å². The number of rotatable bonds is 5. The standard InChI is InChI=1S/C24H21N3O2S/c28-24(20-15-27(30-17-20)21-7-4-11-25-14-21)26-12-10-19-8-9-22(13-23(19)26)29-16-18-5-2-1-3-6-18/h1-14,20H,15-17H2. The second-order valence-corrected chi connectivity index (χ2v) is 8.32. The molecule has 1 fully saturated rings. The Morgan fingerprint density at radius 3 is 2.83 bits per heavy atom. The zero-order valence-electron chi connectivity index (χ0n) is 16.3. The summed E-state index contributed by atoms with van der Waals surface area (Å²) in [6, 6.07) is 21.9. The van der Waals surface area contributed by atoms with Gasteiger partial charge in [0.25, 0.3) is 0 Å². The van der Waals surface area contributed by atoms with Crippen LogP contribution in [-0.4, -0.2) is 27.8 Å². The predicted molar refractivity (Wildman–Crippen MR) is 121 cm³/mol. The van der Waals surface area contributed by atoms with Gasteiger partial charge in [-0.15, -0.1) is 0 Å². The third-order valence-corrected chi connectivity index (χ3v) is 6.47. The van der Waals surface area contributed by atoms with Crippen molar-refractivity contribution in [2.45, 2.75) is 6.61 Å². The van der Waals surface area contributed by atoms with Gasteiger partial charge in [0, 0.05) is 36.1 Å². The summed E-state index contributed by atoms with van der Waals surface area (Å²) in [6.07, 6.45) is 5.46. The monoisotopic (exact) mass is 415 g/mol. The van der Waals surface area contributed by atoms with Crippen molar-refractivity contribution in [3.05, 3.63) is 90.9 Å². The minimum absolute atomic E-state index is 0.0697. The van der Waals surface area contributed by atoms with Crippen molar-refractivity contribution in [1.29, 1.82) is 0 Å². The Bertz CT molecular complexity index is 1160. The van der Waals surface area contributed by atoms with E-state index in [1.807, 2.05) is 79.1 Å². The van der Waals surface area contributed by atoms with Crippen molar-refractivity contribution in [1.82, 2.24) is 9.55 Å². The topological polar surface area (TPSA) is 47.4 Å². The minimum atomic E-state index is -0.0697. The van der Waals surface area contributed by atoms with Crippen LogP contribution in [0.3, 0.4) is 0 Å². The maximum Gasteiger partial charge on any atom is 0.236 e. The Kier molecular flexibility index (Phi) is 5.15. The molecule has 150 valence electrons. The van der Waals surface area contributed by atoms with Gasteiger partial charge in [-0.05, 0) is 47.8 Å². The van der Waals surface area contributed by atoms with E-state index < -0.39 is 0 Å². The number of carbonyl (C=O) groups is 1. The van der Waals surface area contributed by atoms with Crippen molar-refractivity contribution >= 4 is 34.4 Å². The highest BCUT2D eigenvalue weighted by Crippen LogP contribution is 2.32. The first-order chi connectivity index (χ1) is 14.8. The van der Waals surface area contributed by atoms with E-state index in [9.17, 15) is 4.79 Å². The number of carbonyl (C=O) groups excluding carboxylic acids is 1. The number of pyridine rings is 1. The summed E-state index contributed by atoms with van der Waals surface area (Å²) in [5, 5.41) is 1.03. The molecule has 0 aliphatic carbocycles. The lowest BCUT2D eigenvalue weighted by atomic mass is 10.1. The average Bonchev–Trinajstić information content (AvgIpc) is 3.46. The molecule has 1 atom stereocenters. The van der Waals surface area contributed by atoms with Crippen LogP contribution in [0.4, 0.5) is 5.69 Å². The highest BCUT2D eigenvalue weighted by Gasteiger charge is 2.31. The van der Waals surface area contributed by atoms with E-state index in [1.54, 1.807) is 22.7 Å². The number of benzene rings is 2. The number of nitrogens with zero attached hydrogens (tertiary/aromatic N) is 3. The molecule has 6 heteroatoms. The predicted octanol–water partition coefficient (Wildman–Crippen LogP) is 5.04. The van der Waals surface area contributed by atoms with Gasteiger partial charge in [-0.1, -0.05) is 30.3 Å². The molecule has 1 aliphatic heterocycles. The van der Waals surface area contributed by atoms with Crippen LogP contribution in [0.5, 0.6) is 5.75 Å². The van der Waals surface area contributed by atoms with Gasteiger partial charge in [0.2, 0.25) is 5.91 Å². The third kappa shape index (κ3) is 3.78. The molecule has 5 rings (SSSR count). The Morgan fingerprint density at radius 2 is 2.00 bits per heavy atom. The molecule has 30 heavy (non-hydrogen) atoms. The van der Waals surface area contributed by atoms with E-state index in [0.29, 0.717) is 13.2 Å². The van der Waals surface area contributed by atoms with Gasteiger partial charge in [0.1, 0.15) is 12.4 Å². The molecule has 0 saturated carbocycles. The van der Waals surface area contributed by atoms with E-state index in [1.165, 1.54) is 0 Å². The number of anilines is 1. The quantitative estimate of drug-likeness (QED) is 0.427. The summed E-state index contributed by atoms with van der Waals surface area (Å²) in [5.41, 5.74) is 3.03. The SMILES string of the molecule is O=C(C1CSN(c2cccnc2)C1)n1ccc2ccc(OCc3ccccc3)cc21. The maximum atomic E-state index is 13.3. The van der Waals surface area contributed by atoms with E-state index in [-0.39, 0.29) is 11.8 Å². The van der Waals surface area contributed by atoms with Crippen LogP contribution in [0.15, 0.2) is 85.3 Å². The summed E-state index contributed by atoms with van der Waals surface area (Å²) < 4.78 is 9.88. The van der Waals surface area contributed by atoms with E-state index >= 15 is 0 Å². The van der Waals surface area contributed by atoms with Crippen LogP contribution in [0, 0.1) is 5.92 Å². The minimum Gasteiger partial charge on any atom is -0.489 e. The first kappa shape index (κ1) is 18.8. The van der Waals surface area contributed by atoms with Crippen LogP contribution >= 0.6 is 11.9 Å². The zero-order valence-corrected chi connectivity index (χ0v) is 17.2. The lowest BCUT2D eigenvalue weighted by Crippen LogP contribution is -2.26. The number of hydrogen-bond acceptors (Lipinski definition) is 5. The Balaban J connectivity index is 1.33. The van der Waals surface area contributed by atoms with E-state index in [2.05, 4.69) is 9.29 Å². The molecule has 0 spiro atoms. The van der Waals surface area contributed by atoms with E-state index in [4.69, 9.17) is 4.74 Å². The fraction of sp³-hybridized carbons (Fsp3) is 0.167. The molecule has 2 aromatic heterocycles. The zero-order chi connectivity index (χ0) is 20.3. The van der Waals surface area contributed by atoms with E-state index in [0.717, 1.165) is 33.7 Å². The summed E-state index contributed by atoms with van der Waals surface area (Å²) in [5.74, 6) is 1.57. The first-order valence-corrected chi connectivity index (χ1v) is 10.8. The molecular formula is C24H21N3O2S. The molecule has 2 aromatic carbocycles. The summed E-state index contributed by atoms with van der Waals surface area (Å²) in [6.45, 7) is 1.18. The summed E-state index contributed by atoms with van der Waals surface area (Å²) in [7, 11) is 0. The smallest absolute Gasteiger partial charge is 0.236 e. The molecular weight excluding hydrogens is 394 g/mol. The van der Waals surface area contributed by atoms with Crippen molar-refractivity contribution in [3.8, 4) is 5.75 Å². The van der Waals surface area contributed by atoms with Crippen molar-refractivity contribution < 1.29 is 9.53 Å². The molecule has 0 amide bonds. The summed E-state index contributed by atoms with van der Waals surface area (Å²) >= 11 is 1.68. The fourth-order valence-electron chi connectivity index (χ4n) is 3.64. The van der Waals surface area contributed by atoms with Crippen LogP contribution in [0.2, 0.25) is 0 Å². The fourth-order valence-corrected chi connectivity index (χ4v) is 4.79. The maximum absolute atomic E-state index is 13.3. The number of ether oxygens (including phenoxy) is 1. The molecule has 5 nitrogen and oxygen atoms in total. The second kappa shape index (κ2) is 8.24. The molecule has 1 unspecified atom stereocenters. The van der Waals surface area contributed by atoms with Crippen molar-refractivity contribution in [2.75, 3.05) is 16.6 Å². The van der Waals surface area contributed by atoms with Crippen LogP contribution in [-0.2, 0) is 6.61 Å². The molecule has 1 saturated heterocycles. The molecule has 3 heterocycles. The van der Waals surface area contributed by atoms with Gasteiger partial charge in [0.15, 0.2) is 0 Å². The van der Waals surface area contributed by atoms with Gasteiger partial charge >= 0.3 is 0 Å². The largest absolute Gasteiger partial charge is 0.489 e. The molecule has 0 N–H and O–H groups in total. The lowest BCUT2D eigenvalue weighted by molar-refractivity contribution is 0.0862. The molecule has 0 bridgehead atoms. The normalized spacial score (nSPS) is 16.1. The van der Waals surface area contributed by atoms with Crippen molar-refractivity contribution in [3.63, 3.8) is 0 Å². The average molecular weight is 416 g/mol. The Hall–Kier alpha value is -3.25. The van der Waals surface area contributed by atoms with Gasteiger partial charge in [0.05, 0.1) is 23.3 Å². The molecule has 4 aromatic rings. The number of aromatic nitrogens is 2. The molecule has 0 radical (unpaired) electrons. The number of fused-ring (bicyclic) bond motifs is 1. The number of hydrogen-bond donors (Lipinski definition) is 0. The van der Waals surface area contributed by atoms with Gasteiger partial charge in [-0.25, -0.2) is 0 Å². The third-order valence-electron chi connectivity index (χ3n) is 5.25.